The molecule has 0 aliphatic heterocycles. The monoisotopic (exact) mass is 211 g/mol. The van der Waals surface area contributed by atoms with Crippen LogP contribution >= 0.6 is 0 Å². The van der Waals surface area contributed by atoms with E-state index < -0.39 is 17.3 Å². The molecule has 82 valence electrons. The third-order valence-corrected chi connectivity index (χ3v) is 1.35. The van der Waals surface area contributed by atoms with Crippen molar-refractivity contribution >= 4 is 6.16 Å². The zero-order chi connectivity index (χ0) is 11.5. The zero-order valence-electron chi connectivity index (χ0n) is 8.89. The number of hydrogen-bond acceptors (Lipinski definition) is 4. The van der Waals surface area contributed by atoms with Crippen LogP contribution in [0.25, 0.3) is 0 Å². The van der Waals surface area contributed by atoms with Gasteiger partial charge in [0.2, 0.25) is 0 Å². The van der Waals surface area contributed by atoms with Gasteiger partial charge in [-0.1, -0.05) is 6.07 Å². The first-order chi connectivity index (χ1) is 6.88. The number of aromatic nitrogens is 1. The maximum absolute atomic E-state index is 11.2. The Morgan fingerprint density at radius 2 is 2.00 bits per heavy atom. The van der Waals surface area contributed by atoms with Crippen molar-refractivity contribution in [2.45, 2.75) is 26.4 Å². The molecule has 0 spiro atoms. The fourth-order valence-electron chi connectivity index (χ4n) is 0.837. The molecule has 5 nitrogen and oxygen atoms in total. The number of ether oxygens (including phenoxy) is 1. The fourth-order valence-corrected chi connectivity index (χ4v) is 0.837. The average Bonchev–Trinajstić information content (AvgIpc) is 2.05. The van der Waals surface area contributed by atoms with Crippen LogP contribution in [0.4, 0.5) is 4.79 Å². The molecular formula is C10H13NO4. The van der Waals surface area contributed by atoms with Crippen molar-refractivity contribution in [3.05, 3.63) is 34.7 Å². The number of carbonyl (C=O) groups excluding carboxylic acids is 1. The van der Waals surface area contributed by atoms with E-state index in [1.165, 1.54) is 12.3 Å². The molecule has 1 heterocycles. The Hall–Kier alpha value is -1.78. The van der Waals surface area contributed by atoms with Crippen LogP contribution in [0.1, 0.15) is 20.8 Å². The predicted molar refractivity (Wildman–Crippen MR) is 53.5 cm³/mol. The molecule has 0 saturated heterocycles. The summed E-state index contributed by atoms with van der Waals surface area (Å²) < 4.78 is 5.69. The second-order valence-electron chi connectivity index (χ2n) is 3.92. The molecule has 0 atom stereocenters. The molecule has 1 rings (SSSR count). The number of carbonyl (C=O) groups is 1. The summed E-state index contributed by atoms with van der Waals surface area (Å²) in [6, 6.07) is 4.41. The molecule has 0 aromatic carbocycles. The van der Waals surface area contributed by atoms with Gasteiger partial charge in [-0.15, -0.1) is 4.73 Å². The Kier molecular flexibility index (Phi) is 3.14. The summed E-state index contributed by atoms with van der Waals surface area (Å²) in [4.78, 5) is 27.0. The van der Waals surface area contributed by atoms with E-state index in [0.717, 1.165) is 4.73 Å². The highest BCUT2D eigenvalue weighted by atomic mass is 16.8. The highest BCUT2D eigenvalue weighted by Gasteiger charge is 2.18. The molecule has 0 aliphatic carbocycles. The van der Waals surface area contributed by atoms with Crippen molar-refractivity contribution in [1.29, 1.82) is 0 Å². The topological polar surface area (TPSA) is 57.5 Å². The van der Waals surface area contributed by atoms with Gasteiger partial charge in [0.25, 0.3) is 5.56 Å². The first-order valence-corrected chi connectivity index (χ1v) is 4.47. The van der Waals surface area contributed by atoms with E-state index in [2.05, 4.69) is 4.84 Å². The summed E-state index contributed by atoms with van der Waals surface area (Å²) in [5.41, 5.74) is -1.07. The van der Waals surface area contributed by atoms with Gasteiger partial charge in [0, 0.05) is 12.3 Å². The van der Waals surface area contributed by atoms with Gasteiger partial charge in [0.15, 0.2) is 0 Å². The standard InChI is InChI=1S/C10H13NO4/c1-10(2,3)14-9(13)15-11-7-5-4-6-8(11)12/h4-7H,1-3H3. The van der Waals surface area contributed by atoms with Crippen LogP contribution in [0.5, 0.6) is 0 Å². The molecule has 0 unspecified atom stereocenters. The molecule has 0 fully saturated rings. The highest BCUT2D eigenvalue weighted by molar-refractivity contribution is 5.60. The largest absolute Gasteiger partial charge is 0.534 e. The maximum atomic E-state index is 11.2. The molecule has 1 aromatic rings. The fraction of sp³-hybridized carbons (Fsp3) is 0.400. The van der Waals surface area contributed by atoms with E-state index >= 15 is 0 Å². The second kappa shape index (κ2) is 4.16. The van der Waals surface area contributed by atoms with Gasteiger partial charge in [-0.25, -0.2) is 4.79 Å². The molecule has 15 heavy (non-hydrogen) atoms. The van der Waals surface area contributed by atoms with Gasteiger partial charge in [-0.3, -0.25) is 9.63 Å². The van der Waals surface area contributed by atoms with Crippen molar-refractivity contribution < 1.29 is 14.4 Å². The Labute approximate surface area is 87.2 Å². The molecular weight excluding hydrogens is 198 g/mol. The van der Waals surface area contributed by atoms with Crippen LogP contribution < -0.4 is 10.4 Å². The minimum atomic E-state index is -0.907. The zero-order valence-corrected chi connectivity index (χ0v) is 8.89. The summed E-state index contributed by atoms with van der Waals surface area (Å²) in [7, 11) is 0. The van der Waals surface area contributed by atoms with Crippen molar-refractivity contribution in [3.8, 4) is 0 Å². The molecule has 1 aromatic heterocycles. The van der Waals surface area contributed by atoms with Crippen molar-refractivity contribution in [2.75, 3.05) is 0 Å². The van der Waals surface area contributed by atoms with Crippen LogP contribution in [-0.2, 0) is 4.74 Å². The number of hydrogen-bond donors (Lipinski definition) is 0. The lowest BCUT2D eigenvalue weighted by Gasteiger charge is -2.18. The van der Waals surface area contributed by atoms with Crippen molar-refractivity contribution in [3.63, 3.8) is 0 Å². The summed E-state index contributed by atoms with van der Waals surface area (Å²) >= 11 is 0. The normalized spacial score (nSPS) is 10.9. The lowest BCUT2D eigenvalue weighted by atomic mass is 10.2. The maximum Gasteiger partial charge on any atom is 0.534 e. The average molecular weight is 211 g/mol. The van der Waals surface area contributed by atoms with E-state index in [-0.39, 0.29) is 0 Å². The Morgan fingerprint density at radius 1 is 1.33 bits per heavy atom. The Bertz CT molecular complexity index is 402. The summed E-state index contributed by atoms with van der Waals surface area (Å²) in [6.07, 6.45) is 0.433. The predicted octanol–water partition coefficient (Wildman–Crippen LogP) is 1.21. The van der Waals surface area contributed by atoms with E-state index in [1.54, 1.807) is 32.9 Å². The van der Waals surface area contributed by atoms with Gasteiger partial charge in [0.05, 0.1) is 0 Å². The van der Waals surface area contributed by atoms with Crippen molar-refractivity contribution in [2.24, 2.45) is 0 Å². The SMILES string of the molecule is CC(C)(C)OC(=O)On1ccccc1=O. The minimum Gasteiger partial charge on any atom is -0.427 e. The summed E-state index contributed by atoms with van der Waals surface area (Å²) in [5.74, 6) is 0. The van der Waals surface area contributed by atoms with Crippen LogP contribution in [-0.4, -0.2) is 16.5 Å². The Morgan fingerprint density at radius 3 is 2.53 bits per heavy atom. The minimum absolute atomic E-state index is 0.427. The van der Waals surface area contributed by atoms with Gasteiger partial charge < -0.3 is 4.74 Å². The third-order valence-electron chi connectivity index (χ3n) is 1.35. The Balaban J connectivity index is 2.68. The van der Waals surface area contributed by atoms with Crippen molar-refractivity contribution in [1.82, 2.24) is 4.73 Å². The quantitative estimate of drug-likeness (QED) is 0.655. The van der Waals surface area contributed by atoms with E-state index in [4.69, 9.17) is 4.74 Å². The lowest BCUT2D eigenvalue weighted by molar-refractivity contribution is -0.0126. The molecule has 0 radical (unpaired) electrons. The summed E-state index contributed by atoms with van der Waals surface area (Å²) in [5, 5.41) is 0. The molecule has 0 bridgehead atoms. The van der Waals surface area contributed by atoms with Crippen LogP contribution in [0.2, 0.25) is 0 Å². The van der Waals surface area contributed by atoms with Gasteiger partial charge >= 0.3 is 6.16 Å². The molecule has 0 N–H and O–H groups in total. The molecule has 0 saturated carbocycles. The van der Waals surface area contributed by atoms with E-state index in [9.17, 15) is 9.59 Å². The lowest BCUT2D eigenvalue weighted by Crippen LogP contribution is -2.34. The molecule has 5 heteroatoms. The van der Waals surface area contributed by atoms with Gasteiger partial charge in [0.1, 0.15) is 5.60 Å². The summed E-state index contributed by atoms with van der Waals surface area (Å²) in [6.45, 7) is 5.13. The first kappa shape index (κ1) is 11.3. The number of rotatable bonds is 1. The molecule has 0 aliphatic rings. The van der Waals surface area contributed by atoms with E-state index in [0.29, 0.717) is 0 Å². The van der Waals surface area contributed by atoms with Gasteiger partial charge in [-0.2, -0.15) is 0 Å². The van der Waals surface area contributed by atoms with Crippen LogP contribution in [0.3, 0.4) is 0 Å². The molecule has 0 amide bonds. The first-order valence-electron chi connectivity index (χ1n) is 4.47. The second-order valence-corrected chi connectivity index (χ2v) is 3.92. The van der Waals surface area contributed by atoms with E-state index in [1.807, 2.05) is 0 Å². The van der Waals surface area contributed by atoms with Crippen LogP contribution in [0, 0.1) is 0 Å². The third kappa shape index (κ3) is 3.84. The highest BCUT2D eigenvalue weighted by Crippen LogP contribution is 2.06. The number of pyridine rings is 1. The van der Waals surface area contributed by atoms with Gasteiger partial charge in [-0.05, 0) is 26.8 Å². The number of nitrogens with zero attached hydrogens (tertiary/aromatic N) is 1. The smallest absolute Gasteiger partial charge is 0.427 e. The van der Waals surface area contributed by atoms with Crippen LogP contribution in [0.15, 0.2) is 29.2 Å².